The van der Waals surface area contributed by atoms with E-state index in [1.54, 1.807) is 0 Å². The van der Waals surface area contributed by atoms with Crippen LogP contribution in [0.2, 0.25) is 0 Å². The standard InChI is InChI=1S/C16H22F2N2O2/c1-22-15-12(17)7-11(8-13(15)18)20-14(21)9-16(10-19)5-3-2-4-6-16/h7-8H,2-6,9-10,19H2,1H3,(H,20,21). The lowest BCUT2D eigenvalue weighted by Crippen LogP contribution is -2.36. The van der Waals surface area contributed by atoms with Gasteiger partial charge in [-0.2, -0.15) is 0 Å². The van der Waals surface area contributed by atoms with Gasteiger partial charge in [0.15, 0.2) is 17.4 Å². The molecule has 122 valence electrons. The number of halogens is 2. The Bertz CT molecular complexity index is 520. The van der Waals surface area contributed by atoms with Crippen LogP contribution in [0.5, 0.6) is 5.75 Å². The van der Waals surface area contributed by atoms with Crippen molar-refractivity contribution in [1.29, 1.82) is 0 Å². The third-order valence-electron chi connectivity index (χ3n) is 4.37. The van der Waals surface area contributed by atoms with Crippen molar-refractivity contribution < 1.29 is 18.3 Å². The molecule has 0 aliphatic heterocycles. The van der Waals surface area contributed by atoms with Gasteiger partial charge in [-0.3, -0.25) is 4.79 Å². The highest BCUT2D eigenvalue weighted by Gasteiger charge is 2.33. The summed E-state index contributed by atoms with van der Waals surface area (Å²) in [5.74, 6) is -2.41. The number of carbonyl (C=O) groups excluding carboxylic acids is 1. The summed E-state index contributed by atoms with van der Waals surface area (Å²) in [5.41, 5.74) is 5.75. The van der Waals surface area contributed by atoms with Crippen molar-refractivity contribution in [2.45, 2.75) is 38.5 Å². The molecule has 0 spiro atoms. The minimum absolute atomic E-state index is 0.0868. The molecule has 0 heterocycles. The summed E-state index contributed by atoms with van der Waals surface area (Å²) in [6, 6.07) is 2.10. The fourth-order valence-corrected chi connectivity index (χ4v) is 3.13. The van der Waals surface area contributed by atoms with Crippen LogP contribution in [0.15, 0.2) is 12.1 Å². The molecule has 6 heteroatoms. The summed E-state index contributed by atoms with van der Waals surface area (Å²) < 4.78 is 31.9. The van der Waals surface area contributed by atoms with E-state index in [1.807, 2.05) is 0 Å². The topological polar surface area (TPSA) is 64.3 Å². The van der Waals surface area contributed by atoms with Crippen LogP contribution < -0.4 is 15.8 Å². The van der Waals surface area contributed by atoms with E-state index in [4.69, 9.17) is 5.73 Å². The van der Waals surface area contributed by atoms with E-state index in [9.17, 15) is 13.6 Å². The average molecular weight is 312 g/mol. The van der Waals surface area contributed by atoms with Gasteiger partial charge in [-0.25, -0.2) is 8.78 Å². The smallest absolute Gasteiger partial charge is 0.224 e. The van der Waals surface area contributed by atoms with Gasteiger partial charge in [0, 0.05) is 24.2 Å². The van der Waals surface area contributed by atoms with Gasteiger partial charge in [0.1, 0.15) is 0 Å². The minimum Gasteiger partial charge on any atom is -0.491 e. The summed E-state index contributed by atoms with van der Waals surface area (Å²) in [6.07, 6.45) is 5.41. The molecule has 0 aromatic heterocycles. The van der Waals surface area contributed by atoms with Crippen LogP contribution >= 0.6 is 0 Å². The first kappa shape index (κ1) is 16.7. The Labute approximate surface area is 129 Å². The number of methoxy groups -OCH3 is 1. The summed E-state index contributed by atoms with van der Waals surface area (Å²) in [6.45, 7) is 0.450. The zero-order valence-electron chi connectivity index (χ0n) is 12.8. The molecule has 0 unspecified atom stereocenters. The monoisotopic (exact) mass is 312 g/mol. The third-order valence-corrected chi connectivity index (χ3v) is 4.37. The molecule has 0 bridgehead atoms. The fraction of sp³-hybridized carbons (Fsp3) is 0.562. The molecule has 1 aliphatic rings. The van der Waals surface area contributed by atoms with Crippen molar-refractivity contribution in [2.75, 3.05) is 19.0 Å². The number of amides is 1. The number of rotatable bonds is 5. The van der Waals surface area contributed by atoms with E-state index >= 15 is 0 Å². The zero-order chi connectivity index (χ0) is 16.2. The van der Waals surface area contributed by atoms with Crippen molar-refractivity contribution >= 4 is 11.6 Å². The highest BCUT2D eigenvalue weighted by atomic mass is 19.1. The molecule has 22 heavy (non-hydrogen) atoms. The van der Waals surface area contributed by atoms with Crippen LogP contribution in [-0.4, -0.2) is 19.6 Å². The minimum atomic E-state index is -0.844. The number of carbonyl (C=O) groups is 1. The fourth-order valence-electron chi connectivity index (χ4n) is 3.13. The number of hydrogen-bond acceptors (Lipinski definition) is 3. The first-order chi connectivity index (χ1) is 10.5. The molecule has 1 saturated carbocycles. The number of benzene rings is 1. The van der Waals surface area contributed by atoms with E-state index < -0.39 is 17.4 Å². The Morgan fingerprint density at radius 2 is 1.86 bits per heavy atom. The van der Waals surface area contributed by atoms with E-state index in [0.717, 1.165) is 44.2 Å². The van der Waals surface area contributed by atoms with E-state index in [0.29, 0.717) is 6.54 Å². The highest BCUT2D eigenvalue weighted by molar-refractivity contribution is 5.91. The second kappa shape index (κ2) is 7.05. The molecule has 0 atom stereocenters. The van der Waals surface area contributed by atoms with Gasteiger partial charge in [-0.05, 0) is 24.8 Å². The van der Waals surface area contributed by atoms with Gasteiger partial charge in [-0.15, -0.1) is 0 Å². The van der Waals surface area contributed by atoms with Crippen LogP contribution in [0.1, 0.15) is 38.5 Å². The second-order valence-electron chi connectivity index (χ2n) is 5.96. The molecule has 1 aromatic rings. The van der Waals surface area contributed by atoms with Gasteiger partial charge in [-0.1, -0.05) is 19.3 Å². The number of hydrogen-bond donors (Lipinski definition) is 2. The van der Waals surface area contributed by atoms with Gasteiger partial charge in [0.05, 0.1) is 7.11 Å². The quantitative estimate of drug-likeness (QED) is 0.877. The molecular weight excluding hydrogens is 290 g/mol. The summed E-state index contributed by atoms with van der Waals surface area (Å²) in [7, 11) is 1.19. The van der Waals surface area contributed by atoms with Crippen LogP contribution in [0.3, 0.4) is 0 Å². The van der Waals surface area contributed by atoms with Gasteiger partial charge >= 0.3 is 0 Å². The van der Waals surface area contributed by atoms with Crippen LogP contribution in [0, 0.1) is 17.0 Å². The maximum Gasteiger partial charge on any atom is 0.224 e. The summed E-state index contributed by atoms with van der Waals surface area (Å²) in [4.78, 5) is 12.2. The van der Waals surface area contributed by atoms with Crippen LogP contribution in [0.4, 0.5) is 14.5 Å². The van der Waals surface area contributed by atoms with Crippen molar-refractivity contribution in [2.24, 2.45) is 11.1 Å². The molecule has 2 rings (SSSR count). The lowest BCUT2D eigenvalue weighted by molar-refractivity contribution is -0.118. The molecule has 0 radical (unpaired) electrons. The maximum atomic E-state index is 13.6. The normalized spacial score (nSPS) is 17.1. The van der Waals surface area contributed by atoms with Crippen LogP contribution in [-0.2, 0) is 4.79 Å². The predicted molar refractivity (Wildman–Crippen MR) is 80.7 cm³/mol. The Morgan fingerprint density at radius 1 is 1.27 bits per heavy atom. The first-order valence-electron chi connectivity index (χ1n) is 7.53. The van der Waals surface area contributed by atoms with Crippen molar-refractivity contribution in [1.82, 2.24) is 0 Å². The van der Waals surface area contributed by atoms with E-state index in [-0.39, 0.29) is 23.4 Å². The van der Waals surface area contributed by atoms with Gasteiger partial charge < -0.3 is 15.8 Å². The zero-order valence-corrected chi connectivity index (χ0v) is 12.8. The molecular formula is C16H22F2N2O2. The molecule has 1 aromatic carbocycles. The summed E-state index contributed by atoms with van der Waals surface area (Å²) in [5, 5.41) is 2.55. The maximum absolute atomic E-state index is 13.6. The largest absolute Gasteiger partial charge is 0.491 e. The number of ether oxygens (including phenoxy) is 1. The Balaban J connectivity index is 2.05. The number of nitrogens with one attached hydrogen (secondary N) is 1. The number of nitrogens with two attached hydrogens (primary N) is 1. The third kappa shape index (κ3) is 3.74. The van der Waals surface area contributed by atoms with Crippen molar-refractivity contribution in [3.63, 3.8) is 0 Å². The Hall–Kier alpha value is -1.69. The summed E-state index contributed by atoms with van der Waals surface area (Å²) >= 11 is 0. The van der Waals surface area contributed by atoms with Gasteiger partial charge in [0.2, 0.25) is 5.91 Å². The molecule has 1 fully saturated rings. The van der Waals surface area contributed by atoms with E-state index in [2.05, 4.69) is 10.1 Å². The lowest BCUT2D eigenvalue weighted by atomic mass is 9.71. The Morgan fingerprint density at radius 3 is 2.36 bits per heavy atom. The molecule has 1 aliphatic carbocycles. The lowest BCUT2D eigenvalue weighted by Gasteiger charge is -2.35. The Kier molecular flexibility index (Phi) is 5.34. The molecule has 1 amide bonds. The molecule has 3 N–H and O–H groups in total. The second-order valence-corrected chi connectivity index (χ2v) is 5.96. The highest BCUT2D eigenvalue weighted by Crippen LogP contribution is 2.38. The van der Waals surface area contributed by atoms with E-state index in [1.165, 1.54) is 7.11 Å². The first-order valence-corrected chi connectivity index (χ1v) is 7.53. The molecule has 0 saturated heterocycles. The molecule has 4 nitrogen and oxygen atoms in total. The number of anilines is 1. The SMILES string of the molecule is COc1c(F)cc(NC(=O)CC2(CN)CCCCC2)cc1F. The van der Waals surface area contributed by atoms with Crippen molar-refractivity contribution in [3.8, 4) is 5.75 Å². The average Bonchev–Trinajstić information content (AvgIpc) is 2.47. The van der Waals surface area contributed by atoms with Crippen molar-refractivity contribution in [3.05, 3.63) is 23.8 Å². The van der Waals surface area contributed by atoms with Gasteiger partial charge in [0.25, 0.3) is 0 Å². The van der Waals surface area contributed by atoms with Crippen LogP contribution in [0.25, 0.3) is 0 Å². The predicted octanol–water partition coefficient (Wildman–Crippen LogP) is 3.21.